The van der Waals surface area contributed by atoms with Crippen LogP contribution in [0.25, 0.3) is 0 Å². The molecule has 1 aromatic heterocycles. The highest BCUT2D eigenvalue weighted by molar-refractivity contribution is 6.33. The van der Waals surface area contributed by atoms with Crippen LogP contribution < -0.4 is 10.6 Å². The molecular formula is C12H19ClN4O. The second kappa shape index (κ2) is 6.56. The van der Waals surface area contributed by atoms with E-state index in [9.17, 15) is 4.79 Å². The van der Waals surface area contributed by atoms with Crippen molar-refractivity contribution < 1.29 is 4.79 Å². The van der Waals surface area contributed by atoms with Gasteiger partial charge in [-0.25, -0.2) is 4.98 Å². The molecule has 1 atom stereocenters. The van der Waals surface area contributed by atoms with E-state index < -0.39 is 0 Å². The molecule has 0 saturated carbocycles. The van der Waals surface area contributed by atoms with Crippen molar-refractivity contribution >= 4 is 23.3 Å². The number of halogens is 1. The first-order valence-corrected chi connectivity index (χ1v) is 6.11. The Morgan fingerprint density at radius 1 is 1.56 bits per heavy atom. The maximum absolute atomic E-state index is 12.0. The van der Waals surface area contributed by atoms with Crippen molar-refractivity contribution in [2.75, 3.05) is 33.0 Å². The number of nitrogens with zero attached hydrogens (tertiary/aromatic N) is 2. The van der Waals surface area contributed by atoms with Crippen molar-refractivity contribution in [2.45, 2.75) is 13.0 Å². The highest BCUT2D eigenvalue weighted by Crippen LogP contribution is 2.17. The highest BCUT2D eigenvalue weighted by atomic mass is 35.5. The van der Waals surface area contributed by atoms with Crippen LogP contribution in [0.3, 0.4) is 0 Å². The lowest BCUT2D eigenvalue weighted by Crippen LogP contribution is -2.38. The first-order chi connectivity index (χ1) is 8.45. The Morgan fingerprint density at radius 3 is 2.78 bits per heavy atom. The van der Waals surface area contributed by atoms with Crippen LogP contribution >= 0.6 is 11.6 Å². The molecule has 0 aromatic carbocycles. The summed E-state index contributed by atoms with van der Waals surface area (Å²) in [5.41, 5.74) is 0.432. The van der Waals surface area contributed by atoms with Gasteiger partial charge in [0.2, 0.25) is 0 Å². The van der Waals surface area contributed by atoms with Crippen molar-refractivity contribution in [2.24, 2.45) is 0 Å². The van der Waals surface area contributed by atoms with Crippen LogP contribution in [0.15, 0.2) is 12.3 Å². The van der Waals surface area contributed by atoms with Gasteiger partial charge in [-0.1, -0.05) is 11.6 Å². The van der Waals surface area contributed by atoms with E-state index >= 15 is 0 Å². The molecule has 1 heterocycles. The van der Waals surface area contributed by atoms with Gasteiger partial charge in [-0.15, -0.1) is 0 Å². The molecule has 1 unspecified atom stereocenters. The fourth-order valence-electron chi connectivity index (χ4n) is 1.27. The predicted molar refractivity (Wildman–Crippen MR) is 74.3 cm³/mol. The summed E-state index contributed by atoms with van der Waals surface area (Å²) in [5.74, 6) is 0.429. The number of pyridine rings is 1. The topological polar surface area (TPSA) is 57.3 Å². The lowest BCUT2D eigenvalue weighted by atomic mass is 10.2. The molecule has 1 rings (SSSR count). The lowest BCUT2D eigenvalue weighted by Gasteiger charge is -2.20. The largest absolute Gasteiger partial charge is 0.373 e. The first-order valence-electron chi connectivity index (χ1n) is 5.73. The molecule has 0 aliphatic heterocycles. The third-order valence-electron chi connectivity index (χ3n) is 2.80. The van der Waals surface area contributed by atoms with Crippen LogP contribution in [0.5, 0.6) is 0 Å². The first kappa shape index (κ1) is 14.7. The summed E-state index contributed by atoms with van der Waals surface area (Å²) in [6.07, 6.45) is 1.47. The van der Waals surface area contributed by atoms with E-state index in [4.69, 9.17) is 11.6 Å². The minimum atomic E-state index is -0.187. The molecule has 0 saturated heterocycles. The van der Waals surface area contributed by atoms with Gasteiger partial charge in [0.15, 0.2) is 0 Å². The maximum atomic E-state index is 12.0. The van der Waals surface area contributed by atoms with Crippen LogP contribution in [-0.4, -0.2) is 49.5 Å². The summed E-state index contributed by atoms with van der Waals surface area (Å²) in [4.78, 5) is 18.1. The summed E-state index contributed by atoms with van der Waals surface area (Å²) in [6, 6.07) is 1.90. The molecule has 0 radical (unpaired) electrons. The van der Waals surface area contributed by atoms with E-state index in [2.05, 4.69) is 15.6 Å². The van der Waals surface area contributed by atoms with E-state index in [0.717, 1.165) is 0 Å². The molecule has 6 heteroatoms. The van der Waals surface area contributed by atoms with E-state index in [1.165, 1.54) is 6.20 Å². The summed E-state index contributed by atoms with van der Waals surface area (Å²) >= 11 is 5.96. The minimum absolute atomic E-state index is 0.187. The molecule has 0 fully saturated rings. The number of hydrogen-bond donors (Lipinski definition) is 2. The van der Waals surface area contributed by atoms with Crippen molar-refractivity contribution in [3.8, 4) is 0 Å². The minimum Gasteiger partial charge on any atom is -0.373 e. The Hall–Kier alpha value is -1.33. The standard InChI is InChI=1S/C12H19ClN4O/c1-8(17(3)4)6-16-12(18)9-5-11(14-2)15-7-10(9)13/h5,7-8H,6H2,1-4H3,(H,14,15)(H,16,18). The Morgan fingerprint density at radius 2 is 2.22 bits per heavy atom. The molecule has 1 amide bonds. The second-order valence-electron chi connectivity index (χ2n) is 4.32. The average molecular weight is 271 g/mol. The molecule has 18 heavy (non-hydrogen) atoms. The van der Waals surface area contributed by atoms with Gasteiger partial charge >= 0.3 is 0 Å². The molecule has 1 aromatic rings. The molecule has 2 N–H and O–H groups in total. The Balaban J connectivity index is 2.72. The number of hydrogen-bond acceptors (Lipinski definition) is 4. The Labute approximate surface area is 113 Å². The van der Waals surface area contributed by atoms with E-state index in [-0.39, 0.29) is 11.9 Å². The number of likely N-dealkylation sites (N-methyl/N-ethyl adjacent to an activating group) is 1. The number of aromatic nitrogens is 1. The number of rotatable bonds is 5. The second-order valence-corrected chi connectivity index (χ2v) is 4.73. The van der Waals surface area contributed by atoms with Crippen molar-refractivity contribution in [1.82, 2.24) is 15.2 Å². The number of carbonyl (C=O) groups is 1. The number of amides is 1. The maximum Gasteiger partial charge on any atom is 0.253 e. The molecular weight excluding hydrogens is 252 g/mol. The van der Waals surface area contributed by atoms with Gasteiger partial charge in [-0.3, -0.25) is 4.79 Å². The third-order valence-corrected chi connectivity index (χ3v) is 3.10. The zero-order chi connectivity index (χ0) is 13.7. The fourth-order valence-corrected chi connectivity index (χ4v) is 1.46. The van der Waals surface area contributed by atoms with Gasteiger partial charge in [-0.05, 0) is 27.1 Å². The van der Waals surface area contributed by atoms with Crippen LogP contribution in [0.4, 0.5) is 5.82 Å². The van der Waals surface area contributed by atoms with Crippen molar-refractivity contribution in [3.05, 3.63) is 22.8 Å². The van der Waals surface area contributed by atoms with Crippen molar-refractivity contribution in [1.29, 1.82) is 0 Å². The molecule has 0 aliphatic rings. The van der Waals surface area contributed by atoms with Crippen LogP contribution in [0.2, 0.25) is 5.02 Å². The average Bonchev–Trinajstić information content (AvgIpc) is 2.35. The molecule has 0 aliphatic carbocycles. The van der Waals surface area contributed by atoms with Gasteiger partial charge < -0.3 is 15.5 Å². The van der Waals surface area contributed by atoms with Gasteiger partial charge in [0.25, 0.3) is 5.91 Å². The zero-order valence-electron chi connectivity index (χ0n) is 11.1. The van der Waals surface area contributed by atoms with E-state index in [1.807, 2.05) is 25.9 Å². The summed E-state index contributed by atoms with van der Waals surface area (Å²) < 4.78 is 0. The molecule has 0 spiro atoms. The van der Waals surface area contributed by atoms with E-state index in [1.54, 1.807) is 13.1 Å². The normalized spacial score (nSPS) is 12.3. The fraction of sp³-hybridized carbons (Fsp3) is 0.500. The summed E-state index contributed by atoms with van der Waals surface area (Å²) in [7, 11) is 5.68. The lowest BCUT2D eigenvalue weighted by molar-refractivity contribution is 0.0944. The van der Waals surface area contributed by atoms with Crippen LogP contribution in [-0.2, 0) is 0 Å². The quantitative estimate of drug-likeness (QED) is 0.851. The molecule has 5 nitrogen and oxygen atoms in total. The summed E-state index contributed by atoms with van der Waals surface area (Å²) in [5, 5.41) is 6.08. The predicted octanol–water partition coefficient (Wildman–Crippen LogP) is 1.46. The Bertz CT molecular complexity index is 423. The van der Waals surface area contributed by atoms with E-state index in [0.29, 0.717) is 22.9 Å². The Kier molecular flexibility index (Phi) is 5.37. The van der Waals surface area contributed by atoms with Crippen molar-refractivity contribution in [3.63, 3.8) is 0 Å². The van der Waals surface area contributed by atoms with Crippen LogP contribution in [0, 0.1) is 0 Å². The monoisotopic (exact) mass is 270 g/mol. The third kappa shape index (κ3) is 3.85. The highest BCUT2D eigenvalue weighted by Gasteiger charge is 2.13. The number of carbonyl (C=O) groups excluding carboxylic acids is 1. The number of nitrogens with one attached hydrogen (secondary N) is 2. The van der Waals surface area contributed by atoms with Crippen LogP contribution in [0.1, 0.15) is 17.3 Å². The number of anilines is 1. The summed E-state index contributed by atoms with van der Waals surface area (Å²) in [6.45, 7) is 2.60. The zero-order valence-corrected chi connectivity index (χ0v) is 11.9. The molecule has 0 bridgehead atoms. The molecule has 100 valence electrons. The van der Waals surface area contributed by atoms with Gasteiger partial charge in [-0.2, -0.15) is 0 Å². The van der Waals surface area contributed by atoms with Gasteiger partial charge in [0, 0.05) is 25.8 Å². The van der Waals surface area contributed by atoms with Gasteiger partial charge in [0.05, 0.1) is 10.6 Å². The SMILES string of the molecule is CNc1cc(C(=O)NCC(C)N(C)C)c(Cl)cn1. The smallest absolute Gasteiger partial charge is 0.253 e. The van der Waals surface area contributed by atoms with Gasteiger partial charge in [0.1, 0.15) is 5.82 Å².